The molecular formula is C19H29N5. The van der Waals surface area contributed by atoms with Crippen LogP contribution < -0.4 is 10.6 Å². The molecule has 1 aromatic carbocycles. The third-order valence-electron chi connectivity index (χ3n) is 4.09. The lowest BCUT2D eigenvalue weighted by Crippen LogP contribution is -2.41. The fourth-order valence-electron chi connectivity index (χ4n) is 2.63. The van der Waals surface area contributed by atoms with Crippen LogP contribution in [-0.2, 0) is 6.54 Å². The Balaban J connectivity index is 1.75. The molecule has 5 heteroatoms. The highest BCUT2D eigenvalue weighted by atomic mass is 15.3. The summed E-state index contributed by atoms with van der Waals surface area (Å²) in [5.74, 6) is 1.75. The van der Waals surface area contributed by atoms with Crippen molar-refractivity contribution < 1.29 is 0 Å². The van der Waals surface area contributed by atoms with E-state index in [0.717, 1.165) is 25.6 Å². The zero-order valence-electron chi connectivity index (χ0n) is 15.2. The molecule has 0 amide bonds. The summed E-state index contributed by atoms with van der Waals surface area (Å²) in [6, 6.07) is 10.6. The number of hydrogen-bond acceptors (Lipinski definition) is 2. The van der Waals surface area contributed by atoms with Crippen LogP contribution in [0, 0.1) is 12.8 Å². The molecule has 2 unspecified atom stereocenters. The lowest BCUT2D eigenvalue weighted by molar-refractivity contribution is 0.443. The van der Waals surface area contributed by atoms with Gasteiger partial charge in [-0.2, -0.15) is 5.10 Å². The van der Waals surface area contributed by atoms with Gasteiger partial charge in [0.05, 0.1) is 0 Å². The molecule has 0 aliphatic rings. The highest BCUT2D eigenvalue weighted by Gasteiger charge is 2.08. The molecule has 130 valence electrons. The monoisotopic (exact) mass is 327 g/mol. The number of rotatable bonds is 7. The van der Waals surface area contributed by atoms with Gasteiger partial charge in [-0.15, -0.1) is 0 Å². The van der Waals surface area contributed by atoms with Gasteiger partial charge >= 0.3 is 0 Å². The van der Waals surface area contributed by atoms with Gasteiger partial charge in [0.15, 0.2) is 5.96 Å². The lowest BCUT2D eigenvalue weighted by Gasteiger charge is -2.18. The Hall–Kier alpha value is -2.30. The predicted molar refractivity (Wildman–Crippen MR) is 100 cm³/mol. The topological polar surface area (TPSA) is 54.2 Å². The van der Waals surface area contributed by atoms with Gasteiger partial charge in [-0.1, -0.05) is 43.7 Å². The van der Waals surface area contributed by atoms with E-state index in [4.69, 9.17) is 0 Å². The molecule has 5 nitrogen and oxygen atoms in total. The van der Waals surface area contributed by atoms with Crippen LogP contribution in [0.5, 0.6) is 0 Å². The summed E-state index contributed by atoms with van der Waals surface area (Å²) in [5, 5.41) is 11.1. The second kappa shape index (κ2) is 9.11. The first-order chi connectivity index (χ1) is 11.6. The number of benzene rings is 1. The van der Waals surface area contributed by atoms with Crippen molar-refractivity contribution in [1.29, 1.82) is 0 Å². The fourth-order valence-corrected chi connectivity index (χ4v) is 2.63. The third-order valence-corrected chi connectivity index (χ3v) is 4.09. The third kappa shape index (κ3) is 5.72. The Morgan fingerprint density at radius 1 is 1.21 bits per heavy atom. The maximum Gasteiger partial charge on any atom is 0.191 e. The molecule has 2 rings (SSSR count). The van der Waals surface area contributed by atoms with Crippen molar-refractivity contribution in [3.63, 3.8) is 0 Å². The van der Waals surface area contributed by atoms with E-state index in [9.17, 15) is 0 Å². The van der Waals surface area contributed by atoms with Gasteiger partial charge < -0.3 is 10.6 Å². The van der Waals surface area contributed by atoms with Gasteiger partial charge in [0.1, 0.15) is 0 Å². The Morgan fingerprint density at radius 3 is 2.67 bits per heavy atom. The number of aliphatic imine (C=N–C) groups is 1. The van der Waals surface area contributed by atoms with E-state index in [0.29, 0.717) is 11.8 Å². The number of nitrogens with one attached hydrogen (secondary N) is 2. The normalized spacial score (nSPS) is 14.2. The lowest BCUT2D eigenvalue weighted by atomic mass is 9.99. The van der Waals surface area contributed by atoms with Crippen LogP contribution >= 0.6 is 0 Å². The minimum atomic E-state index is 0.435. The van der Waals surface area contributed by atoms with Gasteiger partial charge in [-0.3, -0.25) is 9.67 Å². The van der Waals surface area contributed by atoms with Crippen LogP contribution in [0.25, 0.3) is 0 Å². The second-order valence-corrected chi connectivity index (χ2v) is 6.48. The molecule has 2 aromatic rings. The summed E-state index contributed by atoms with van der Waals surface area (Å²) < 4.78 is 1.96. The summed E-state index contributed by atoms with van der Waals surface area (Å²) in [6.07, 6.45) is 3.81. The average Bonchev–Trinajstić information content (AvgIpc) is 3.07. The Morgan fingerprint density at radius 2 is 2.00 bits per heavy atom. The van der Waals surface area contributed by atoms with Gasteiger partial charge in [0, 0.05) is 39.1 Å². The summed E-state index contributed by atoms with van der Waals surface area (Å²) in [7, 11) is 1.81. The van der Waals surface area contributed by atoms with Crippen molar-refractivity contribution in [3.05, 3.63) is 53.9 Å². The first-order valence-electron chi connectivity index (χ1n) is 8.57. The molecule has 24 heavy (non-hydrogen) atoms. The van der Waals surface area contributed by atoms with Crippen molar-refractivity contribution in [3.8, 4) is 0 Å². The summed E-state index contributed by atoms with van der Waals surface area (Å²) in [5.41, 5.74) is 2.65. The molecule has 0 spiro atoms. The van der Waals surface area contributed by atoms with Gasteiger partial charge in [0.2, 0.25) is 0 Å². The summed E-state index contributed by atoms with van der Waals surface area (Å²) in [4.78, 5) is 4.31. The molecule has 1 aromatic heterocycles. The first-order valence-corrected chi connectivity index (χ1v) is 8.57. The number of aryl methyl sites for hydroxylation is 1. The Kier molecular flexibility index (Phi) is 6.85. The quantitative estimate of drug-likeness (QED) is 0.607. The van der Waals surface area contributed by atoms with Crippen molar-refractivity contribution in [2.75, 3.05) is 20.1 Å². The highest BCUT2D eigenvalue weighted by molar-refractivity contribution is 5.79. The molecule has 0 aliphatic carbocycles. The molecule has 2 atom stereocenters. The molecule has 0 saturated carbocycles. The van der Waals surface area contributed by atoms with Crippen LogP contribution in [0.1, 0.15) is 30.9 Å². The molecule has 0 aliphatic heterocycles. The number of nitrogens with zero attached hydrogens (tertiary/aromatic N) is 3. The van der Waals surface area contributed by atoms with Gasteiger partial charge in [-0.05, 0) is 30.4 Å². The molecule has 1 heterocycles. The van der Waals surface area contributed by atoms with Crippen molar-refractivity contribution in [1.82, 2.24) is 20.4 Å². The zero-order valence-corrected chi connectivity index (χ0v) is 15.2. The minimum Gasteiger partial charge on any atom is -0.356 e. The van der Waals surface area contributed by atoms with Crippen LogP contribution in [0.15, 0.2) is 47.7 Å². The number of hydrogen-bond donors (Lipinski definition) is 2. The Bertz CT molecular complexity index is 633. The standard InChI is InChI=1S/C19H29N5/c1-15-7-5-8-18(11-15)17(3)13-22-19(20-4)21-12-16(2)14-24-10-6-9-23-24/h5-11,16-17H,12-14H2,1-4H3,(H2,20,21,22). The smallest absolute Gasteiger partial charge is 0.191 e. The predicted octanol–water partition coefficient (Wildman–Crippen LogP) is 2.80. The highest BCUT2D eigenvalue weighted by Crippen LogP contribution is 2.15. The molecule has 0 saturated heterocycles. The van der Waals surface area contributed by atoms with E-state index in [2.05, 4.69) is 65.8 Å². The Labute approximate surface area is 145 Å². The second-order valence-electron chi connectivity index (χ2n) is 6.48. The molecule has 0 radical (unpaired) electrons. The maximum absolute atomic E-state index is 4.31. The van der Waals surface area contributed by atoms with Gasteiger partial charge in [-0.25, -0.2) is 0 Å². The fraction of sp³-hybridized carbons (Fsp3) is 0.474. The first kappa shape index (κ1) is 18.0. The van der Waals surface area contributed by atoms with E-state index in [1.165, 1.54) is 11.1 Å². The van der Waals surface area contributed by atoms with E-state index in [1.54, 1.807) is 0 Å². The minimum absolute atomic E-state index is 0.435. The van der Waals surface area contributed by atoms with Gasteiger partial charge in [0.25, 0.3) is 0 Å². The molecular weight excluding hydrogens is 298 g/mol. The SMILES string of the molecule is CN=C(NCC(C)Cn1cccn1)NCC(C)c1cccc(C)c1. The largest absolute Gasteiger partial charge is 0.356 e. The molecule has 2 N–H and O–H groups in total. The summed E-state index contributed by atoms with van der Waals surface area (Å²) in [6.45, 7) is 9.18. The van der Waals surface area contributed by atoms with E-state index < -0.39 is 0 Å². The molecule has 0 fully saturated rings. The van der Waals surface area contributed by atoms with Crippen LogP contribution in [0.3, 0.4) is 0 Å². The maximum atomic E-state index is 4.31. The van der Waals surface area contributed by atoms with Crippen molar-refractivity contribution >= 4 is 5.96 Å². The zero-order chi connectivity index (χ0) is 17.4. The van der Waals surface area contributed by atoms with E-state index in [1.807, 2.05) is 30.2 Å². The summed E-state index contributed by atoms with van der Waals surface area (Å²) >= 11 is 0. The van der Waals surface area contributed by atoms with Crippen molar-refractivity contribution in [2.45, 2.75) is 33.2 Å². The van der Waals surface area contributed by atoms with E-state index >= 15 is 0 Å². The van der Waals surface area contributed by atoms with Crippen LogP contribution in [0.2, 0.25) is 0 Å². The van der Waals surface area contributed by atoms with Crippen LogP contribution in [-0.4, -0.2) is 35.9 Å². The number of guanidine groups is 1. The average molecular weight is 327 g/mol. The van der Waals surface area contributed by atoms with E-state index in [-0.39, 0.29) is 0 Å². The van der Waals surface area contributed by atoms with Crippen molar-refractivity contribution in [2.24, 2.45) is 10.9 Å². The van der Waals surface area contributed by atoms with Crippen LogP contribution in [0.4, 0.5) is 0 Å². The molecule has 0 bridgehead atoms. The number of aromatic nitrogens is 2.